The molecule has 0 spiro atoms. The lowest BCUT2D eigenvalue weighted by Crippen LogP contribution is -2.59. The van der Waals surface area contributed by atoms with Crippen molar-refractivity contribution in [2.45, 2.75) is 129 Å². The molecule has 0 aliphatic rings. The highest BCUT2D eigenvalue weighted by molar-refractivity contribution is 8.00. The van der Waals surface area contributed by atoms with Crippen LogP contribution in [0.4, 0.5) is 14.4 Å². The third kappa shape index (κ3) is 18.6. The highest BCUT2D eigenvalue weighted by Gasteiger charge is 2.39. The maximum Gasteiger partial charge on any atom is 0.333 e. The lowest BCUT2D eigenvalue weighted by molar-refractivity contribution is -0.147. The van der Waals surface area contributed by atoms with Gasteiger partial charge in [-0.25, -0.2) is 19.3 Å². The molecule has 0 aromatic rings. The van der Waals surface area contributed by atoms with E-state index in [1.54, 1.807) is 21.0 Å². The summed E-state index contributed by atoms with van der Waals surface area (Å²) in [5.74, 6) is -2.69. The number of carbonyl (C=O) groups is 9. The van der Waals surface area contributed by atoms with Crippen LogP contribution in [0.1, 0.15) is 93.4 Å². The first-order chi connectivity index (χ1) is 28.3. The molecule has 0 radical (unpaired) electrons. The molecule has 21 heteroatoms. The number of likely N-dealkylation sites (N-methyl/N-ethyl adjacent to an activating group) is 5. The Hall–Kier alpha value is -4.50. The van der Waals surface area contributed by atoms with Crippen LogP contribution in [0, 0.1) is 5.92 Å². The van der Waals surface area contributed by atoms with Crippen LogP contribution in [-0.2, 0) is 38.2 Å². The van der Waals surface area contributed by atoms with E-state index < -0.39 is 76.9 Å². The number of hydrogen-bond acceptors (Lipinski definition) is 12. The first kappa shape index (κ1) is 56.5. The number of rotatable bonds is 24. The third-order valence-corrected chi connectivity index (χ3v) is 11.5. The van der Waals surface area contributed by atoms with Gasteiger partial charge in [-0.15, -0.1) is 11.8 Å². The van der Waals surface area contributed by atoms with Crippen LogP contribution in [-0.4, -0.2) is 182 Å². The first-order valence-corrected chi connectivity index (χ1v) is 21.5. The van der Waals surface area contributed by atoms with Crippen LogP contribution in [0.15, 0.2) is 0 Å². The van der Waals surface area contributed by atoms with Gasteiger partial charge in [-0.2, -0.15) is 0 Å². The van der Waals surface area contributed by atoms with E-state index in [-0.39, 0.29) is 30.6 Å². The van der Waals surface area contributed by atoms with Crippen molar-refractivity contribution in [3.63, 3.8) is 0 Å². The summed E-state index contributed by atoms with van der Waals surface area (Å²) in [6.45, 7) is 12.4. The van der Waals surface area contributed by atoms with Crippen LogP contribution >= 0.6 is 11.8 Å². The van der Waals surface area contributed by atoms with Gasteiger partial charge in [0.15, 0.2) is 5.37 Å². The topological polar surface area (TPSA) is 236 Å². The summed E-state index contributed by atoms with van der Waals surface area (Å²) in [6, 6.07) is -8.03. The van der Waals surface area contributed by atoms with Crippen LogP contribution in [0.5, 0.6) is 0 Å². The van der Waals surface area contributed by atoms with E-state index in [9.17, 15) is 43.2 Å². The molecule has 0 rings (SSSR count). The van der Waals surface area contributed by atoms with E-state index in [0.29, 0.717) is 30.1 Å². The zero-order valence-corrected chi connectivity index (χ0v) is 39.8. The number of urea groups is 3. The quantitative estimate of drug-likeness (QED) is 0.0807. The number of thioether (sulfide) groups is 1. The van der Waals surface area contributed by atoms with Crippen molar-refractivity contribution in [2.24, 2.45) is 5.92 Å². The number of unbranched alkanes of at least 4 members (excludes halogenated alkanes) is 2. The average molecular weight is 888 g/mol. The van der Waals surface area contributed by atoms with Gasteiger partial charge in [0, 0.05) is 76.0 Å². The summed E-state index contributed by atoms with van der Waals surface area (Å²) in [5.41, 5.74) is -0.972. The molecule has 0 bridgehead atoms. The standard InChI is InChI=1S/C40H73N9O11S/c1-16-20-30(50)48(12)36(61-22-19-17-18-21-59-14)35(55)47(11)29(24-40(6,7)60-15)32(52)43-38(57)49(13)39(58)44-37(56)42-26(4)33(53)45(9)27(5)34(54)46(10)28(23-25(2)3)31(51)41-8/h25-29,36H,16-24H2,1-15H3,(H,41,51)(H,43,52,57)(H2,42,44,56,58)/t26?,27-,28+,29+,36-/m1/s1. The Morgan fingerprint density at radius 3 is 1.80 bits per heavy atom. The van der Waals surface area contributed by atoms with Crippen LogP contribution < -0.4 is 21.3 Å². The van der Waals surface area contributed by atoms with Crippen LogP contribution in [0.3, 0.4) is 0 Å². The van der Waals surface area contributed by atoms with E-state index in [0.717, 1.165) is 36.1 Å². The molecule has 61 heavy (non-hydrogen) atoms. The van der Waals surface area contributed by atoms with Gasteiger partial charge in [-0.3, -0.25) is 39.4 Å². The normalized spacial score (nSPS) is 13.7. The van der Waals surface area contributed by atoms with E-state index in [1.807, 2.05) is 26.1 Å². The number of nitrogens with zero attached hydrogens (tertiary/aromatic N) is 5. The summed E-state index contributed by atoms with van der Waals surface area (Å²) < 4.78 is 10.6. The van der Waals surface area contributed by atoms with Crippen LogP contribution in [0.2, 0.25) is 0 Å². The maximum absolute atomic E-state index is 14.1. The fourth-order valence-corrected chi connectivity index (χ4v) is 7.12. The Bertz CT molecular complexity index is 1520. The minimum absolute atomic E-state index is 0.0857. The molecule has 350 valence electrons. The summed E-state index contributed by atoms with van der Waals surface area (Å²) in [6.07, 6.45) is 3.51. The molecule has 0 aromatic carbocycles. The van der Waals surface area contributed by atoms with Crippen molar-refractivity contribution in [1.82, 2.24) is 45.8 Å². The average Bonchev–Trinajstić information content (AvgIpc) is 3.21. The van der Waals surface area contributed by atoms with Gasteiger partial charge < -0.3 is 39.7 Å². The van der Waals surface area contributed by atoms with Gasteiger partial charge in [-0.1, -0.05) is 27.2 Å². The van der Waals surface area contributed by atoms with E-state index in [4.69, 9.17) is 9.47 Å². The molecular weight excluding hydrogens is 815 g/mol. The Kier molecular flexibility index (Phi) is 25.4. The van der Waals surface area contributed by atoms with Crippen molar-refractivity contribution in [2.75, 3.05) is 68.9 Å². The summed E-state index contributed by atoms with van der Waals surface area (Å²) in [5, 5.41) is 7.91. The van der Waals surface area contributed by atoms with Gasteiger partial charge in [0.25, 0.3) is 11.8 Å². The number of carbonyl (C=O) groups excluding carboxylic acids is 9. The lowest BCUT2D eigenvalue weighted by Gasteiger charge is -2.37. The predicted molar refractivity (Wildman–Crippen MR) is 232 cm³/mol. The molecule has 0 fully saturated rings. The molecule has 5 atom stereocenters. The lowest BCUT2D eigenvalue weighted by atomic mass is 9.97. The van der Waals surface area contributed by atoms with Gasteiger partial charge >= 0.3 is 18.1 Å². The predicted octanol–water partition coefficient (Wildman–Crippen LogP) is 2.20. The second-order valence-corrected chi connectivity index (χ2v) is 17.2. The number of nitrogens with one attached hydrogen (secondary N) is 4. The Labute approximate surface area is 366 Å². The van der Waals surface area contributed by atoms with E-state index in [1.165, 1.54) is 77.8 Å². The zero-order valence-electron chi connectivity index (χ0n) is 39.0. The minimum atomic E-state index is -1.31. The molecule has 0 saturated carbocycles. The summed E-state index contributed by atoms with van der Waals surface area (Å²) in [4.78, 5) is 124. The largest absolute Gasteiger partial charge is 0.385 e. The molecule has 0 aliphatic carbocycles. The van der Waals surface area contributed by atoms with Crippen LogP contribution in [0.25, 0.3) is 0 Å². The van der Waals surface area contributed by atoms with Crippen molar-refractivity contribution in [3.8, 4) is 0 Å². The van der Waals surface area contributed by atoms with Gasteiger partial charge in [0.1, 0.15) is 24.2 Å². The van der Waals surface area contributed by atoms with Gasteiger partial charge in [-0.05, 0) is 65.0 Å². The minimum Gasteiger partial charge on any atom is -0.385 e. The molecule has 1 unspecified atom stereocenters. The Balaban J connectivity index is 5.92. The second kappa shape index (κ2) is 27.4. The molecule has 0 aliphatic heterocycles. The number of hydrogen-bond donors (Lipinski definition) is 4. The maximum atomic E-state index is 14.1. The molecule has 0 saturated heterocycles. The van der Waals surface area contributed by atoms with Gasteiger partial charge in [0.2, 0.25) is 23.6 Å². The summed E-state index contributed by atoms with van der Waals surface area (Å²) in [7, 11) is 11.3. The fraction of sp³-hybridized carbons (Fsp3) is 0.775. The second-order valence-electron chi connectivity index (χ2n) is 16.0. The number of ether oxygens (including phenoxy) is 2. The molecular formula is C40H73N9O11S. The molecule has 0 heterocycles. The number of imide groups is 3. The van der Waals surface area contributed by atoms with E-state index in [2.05, 4.69) is 16.0 Å². The smallest absolute Gasteiger partial charge is 0.333 e. The van der Waals surface area contributed by atoms with Gasteiger partial charge in [0.05, 0.1) is 5.60 Å². The molecule has 12 amide bonds. The van der Waals surface area contributed by atoms with Crippen molar-refractivity contribution >= 4 is 65.3 Å². The fourth-order valence-electron chi connectivity index (χ4n) is 5.88. The van der Waals surface area contributed by atoms with Crippen molar-refractivity contribution < 1.29 is 52.6 Å². The highest BCUT2D eigenvalue weighted by atomic mass is 32.2. The number of methoxy groups -OCH3 is 2. The highest BCUT2D eigenvalue weighted by Crippen LogP contribution is 2.25. The Morgan fingerprint density at radius 2 is 1.28 bits per heavy atom. The monoisotopic (exact) mass is 888 g/mol. The van der Waals surface area contributed by atoms with E-state index >= 15 is 0 Å². The molecule has 0 aromatic heterocycles. The zero-order chi connectivity index (χ0) is 47.4. The molecule has 4 N–H and O–H groups in total. The number of amides is 12. The molecule has 20 nitrogen and oxygen atoms in total. The Morgan fingerprint density at radius 1 is 0.705 bits per heavy atom. The third-order valence-electron chi connectivity index (χ3n) is 10.2. The summed E-state index contributed by atoms with van der Waals surface area (Å²) >= 11 is 1.26. The SMILES string of the molecule is CCCC(=O)N(C)[C@H](SCCCCCOC)C(=O)N(C)[C@@H](CC(C)(C)OC)C(=O)NC(=O)N(C)C(=O)NC(=O)NC(C)C(=O)N(C)[C@H](C)C(=O)N(C)[C@@H](CC(C)C)C(=O)NC. The first-order valence-electron chi connectivity index (χ1n) is 20.5. The van der Waals surface area contributed by atoms with Crippen molar-refractivity contribution in [1.29, 1.82) is 0 Å². The van der Waals surface area contributed by atoms with Crippen molar-refractivity contribution in [3.05, 3.63) is 0 Å².